The minimum absolute atomic E-state index is 0.0174. The van der Waals surface area contributed by atoms with Gasteiger partial charge in [-0.1, -0.05) is 0 Å². The van der Waals surface area contributed by atoms with Gasteiger partial charge in [-0.2, -0.15) is 8.42 Å². The Morgan fingerprint density at radius 2 is 1.87 bits per heavy atom. The SMILES string of the molecule is CNS(=O)(=O)Nc1cc(Cn2cc(O)n(-c3ccc(OC(F)(F)F)cc3)c2=O)ccn1. The van der Waals surface area contributed by atoms with Crippen LogP contribution in [0.3, 0.4) is 0 Å². The first-order chi connectivity index (χ1) is 14.5. The van der Waals surface area contributed by atoms with Gasteiger partial charge < -0.3 is 9.84 Å². The quantitative estimate of drug-likeness (QED) is 0.492. The Labute approximate surface area is 173 Å². The van der Waals surface area contributed by atoms with Crippen molar-refractivity contribution in [3.63, 3.8) is 0 Å². The molecule has 0 aliphatic rings. The van der Waals surface area contributed by atoms with Crippen LogP contribution in [0.4, 0.5) is 19.0 Å². The number of nitrogens with zero attached hydrogens (tertiary/aromatic N) is 3. The molecule has 0 atom stereocenters. The van der Waals surface area contributed by atoms with Crippen molar-refractivity contribution in [1.82, 2.24) is 18.8 Å². The van der Waals surface area contributed by atoms with Crippen molar-refractivity contribution in [1.29, 1.82) is 0 Å². The molecule has 0 saturated heterocycles. The third-order valence-corrected chi connectivity index (χ3v) is 4.97. The van der Waals surface area contributed by atoms with Crippen LogP contribution in [-0.4, -0.2) is 41.1 Å². The Bertz CT molecular complexity index is 1240. The van der Waals surface area contributed by atoms with E-state index in [0.29, 0.717) is 5.56 Å². The third-order valence-electron chi connectivity index (χ3n) is 3.95. The van der Waals surface area contributed by atoms with Gasteiger partial charge in [0.2, 0.25) is 5.88 Å². The fourth-order valence-electron chi connectivity index (χ4n) is 2.65. The number of aromatic hydroxyl groups is 1. The summed E-state index contributed by atoms with van der Waals surface area (Å²) in [5.41, 5.74) is -0.0545. The van der Waals surface area contributed by atoms with E-state index in [9.17, 15) is 31.5 Å². The zero-order valence-corrected chi connectivity index (χ0v) is 16.6. The van der Waals surface area contributed by atoms with Gasteiger partial charge in [-0.25, -0.2) is 19.1 Å². The number of imidazole rings is 1. The van der Waals surface area contributed by atoms with E-state index in [1.165, 1.54) is 31.4 Å². The van der Waals surface area contributed by atoms with Gasteiger partial charge in [0.15, 0.2) is 0 Å². The highest BCUT2D eigenvalue weighted by molar-refractivity contribution is 7.90. The fourth-order valence-corrected chi connectivity index (χ4v) is 3.13. The van der Waals surface area contributed by atoms with Gasteiger partial charge in [0.05, 0.1) is 18.4 Å². The number of rotatable bonds is 7. The fraction of sp³-hybridized carbons (Fsp3) is 0.176. The third kappa shape index (κ3) is 5.55. The zero-order valence-electron chi connectivity index (χ0n) is 15.8. The minimum atomic E-state index is -4.85. The highest BCUT2D eigenvalue weighted by Gasteiger charge is 2.31. The van der Waals surface area contributed by atoms with Crippen LogP contribution in [0.5, 0.6) is 11.6 Å². The summed E-state index contributed by atoms with van der Waals surface area (Å²) < 4.78 is 70.0. The second kappa shape index (κ2) is 8.31. The lowest BCUT2D eigenvalue weighted by Crippen LogP contribution is -2.27. The van der Waals surface area contributed by atoms with Crippen LogP contribution < -0.4 is 19.9 Å². The molecule has 166 valence electrons. The molecule has 14 heteroatoms. The molecule has 0 fully saturated rings. The van der Waals surface area contributed by atoms with Crippen LogP contribution in [0.15, 0.2) is 53.6 Å². The lowest BCUT2D eigenvalue weighted by molar-refractivity contribution is -0.274. The average Bonchev–Trinajstić information content (AvgIpc) is 2.94. The van der Waals surface area contributed by atoms with Gasteiger partial charge in [-0.3, -0.25) is 9.29 Å². The molecule has 10 nitrogen and oxygen atoms in total. The highest BCUT2D eigenvalue weighted by Crippen LogP contribution is 2.24. The molecule has 2 heterocycles. The van der Waals surface area contributed by atoms with E-state index in [0.717, 1.165) is 27.5 Å². The van der Waals surface area contributed by atoms with Crippen molar-refractivity contribution >= 4 is 16.0 Å². The van der Waals surface area contributed by atoms with E-state index in [-0.39, 0.29) is 18.1 Å². The van der Waals surface area contributed by atoms with E-state index in [4.69, 9.17) is 0 Å². The predicted molar refractivity (Wildman–Crippen MR) is 103 cm³/mol. The lowest BCUT2D eigenvalue weighted by atomic mass is 10.2. The molecule has 0 aliphatic carbocycles. The first-order valence-corrected chi connectivity index (χ1v) is 9.99. The number of halogens is 3. The molecule has 0 spiro atoms. The molecule has 0 aliphatic heterocycles. The van der Waals surface area contributed by atoms with E-state index < -0.39 is 33.9 Å². The normalized spacial score (nSPS) is 12.0. The summed E-state index contributed by atoms with van der Waals surface area (Å²) in [5, 5.41) is 10.2. The van der Waals surface area contributed by atoms with Crippen molar-refractivity contribution in [2.45, 2.75) is 12.9 Å². The van der Waals surface area contributed by atoms with E-state index >= 15 is 0 Å². The first-order valence-electron chi connectivity index (χ1n) is 8.51. The molecule has 31 heavy (non-hydrogen) atoms. The molecular formula is C17H16F3N5O5S. The van der Waals surface area contributed by atoms with Crippen LogP contribution in [0.2, 0.25) is 0 Å². The predicted octanol–water partition coefficient (Wildman–Crippen LogP) is 1.56. The van der Waals surface area contributed by atoms with Crippen LogP contribution in [0, 0.1) is 0 Å². The number of benzene rings is 1. The second-order valence-corrected chi connectivity index (χ2v) is 7.75. The van der Waals surface area contributed by atoms with Crippen LogP contribution in [0.25, 0.3) is 5.69 Å². The Kier molecular flexibility index (Phi) is 5.94. The van der Waals surface area contributed by atoms with Crippen molar-refractivity contribution in [2.75, 3.05) is 11.8 Å². The standard InChI is InChI=1S/C17H16F3N5O5S/c1-21-31(28,29)23-14-8-11(6-7-22-14)9-24-10-15(26)25(16(24)27)12-2-4-13(5-3-12)30-17(18,19)20/h2-8,10,21,26H,9H2,1H3,(H,22,23). The van der Waals surface area contributed by atoms with Gasteiger partial charge in [0, 0.05) is 13.2 Å². The van der Waals surface area contributed by atoms with Crippen molar-refractivity contribution in [3.05, 3.63) is 64.8 Å². The summed E-state index contributed by atoms with van der Waals surface area (Å²) in [7, 11) is -2.56. The number of aromatic nitrogens is 3. The van der Waals surface area contributed by atoms with Crippen molar-refractivity contribution in [3.8, 4) is 17.3 Å². The molecule has 0 unspecified atom stereocenters. The number of hydrogen-bond donors (Lipinski definition) is 3. The van der Waals surface area contributed by atoms with Gasteiger partial charge in [-0.15, -0.1) is 13.2 Å². The molecular weight excluding hydrogens is 443 g/mol. The van der Waals surface area contributed by atoms with Gasteiger partial charge >= 0.3 is 12.1 Å². The van der Waals surface area contributed by atoms with Gasteiger partial charge in [0.25, 0.3) is 10.2 Å². The summed E-state index contributed by atoms with van der Waals surface area (Å²) in [5.74, 6) is -0.903. The summed E-state index contributed by atoms with van der Waals surface area (Å²) >= 11 is 0. The number of hydrogen-bond acceptors (Lipinski definition) is 6. The molecule has 0 radical (unpaired) electrons. The van der Waals surface area contributed by atoms with E-state index in [1.807, 2.05) is 0 Å². The Hall–Kier alpha value is -3.52. The van der Waals surface area contributed by atoms with E-state index in [2.05, 4.69) is 19.2 Å². The summed E-state index contributed by atoms with van der Waals surface area (Å²) in [6.45, 7) is -0.0362. The summed E-state index contributed by atoms with van der Waals surface area (Å²) in [4.78, 5) is 16.6. The number of ether oxygens (including phenoxy) is 1. The van der Waals surface area contributed by atoms with Crippen molar-refractivity contribution < 1.29 is 31.4 Å². The van der Waals surface area contributed by atoms with E-state index in [1.54, 1.807) is 6.07 Å². The largest absolute Gasteiger partial charge is 0.573 e. The summed E-state index contributed by atoms with van der Waals surface area (Å²) in [6, 6.07) is 7.33. The number of pyridine rings is 1. The molecule has 1 aromatic carbocycles. The molecule has 3 rings (SSSR count). The Morgan fingerprint density at radius 3 is 2.48 bits per heavy atom. The van der Waals surface area contributed by atoms with Gasteiger partial charge in [-0.05, 0) is 42.0 Å². The van der Waals surface area contributed by atoms with Crippen molar-refractivity contribution in [2.24, 2.45) is 0 Å². The van der Waals surface area contributed by atoms with Gasteiger partial charge in [0.1, 0.15) is 11.6 Å². The molecule has 3 N–H and O–H groups in total. The topological polar surface area (TPSA) is 127 Å². The summed E-state index contributed by atoms with van der Waals surface area (Å²) in [6.07, 6.45) is -2.38. The second-order valence-electron chi connectivity index (χ2n) is 6.13. The Balaban J connectivity index is 1.85. The minimum Gasteiger partial charge on any atom is -0.493 e. The molecule has 0 saturated carbocycles. The highest BCUT2D eigenvalue weighted by atomic mass is 32.2. The molecule has 2 aromatic heterocycles. The van der Waals surface area contributed by atoms with Crippen LogP contribution >= 0.6 is 0 Å². The lowest BCUT2D eigenvalue weighted by Gasteiger charge is -2.09. The average molecular weight is 459 g/mol. The number of alkyl halides is 3. The maximum absolute atomic E-state index is 12.7. The molecule has 0 amide bonds. The number of nitrogens with one attached hydrogen (secondary N) is 2. The molecule has 0 bridgehead atoms. The maximum atomic E-state index is 12.7. The maximum Gasteiger partial charge on any atom is 0.573 e. The van der Waals surface area contributed by atoms with Crippen LogP contribution in [-0.2, 0) is 16.8 Å². The first kappa shape index (κ1) is 22.2. The number of anilines is 1. The monoisotopic (exact) mass is 459 g/mol. The van der Waals surface area contributed by atoms with Crippen LogP contribution in [0.1, 0.15) is 5.56 Å². The smallest absolute Gasteiger partial charge is 0.493 e. The Morgan fingerprint density at radius 1 is 1.19 bits per heavy atom. The zero-order chi connectivity index (χ0) is 22.8. The molecule has 3 aromatic rings.